The average molecular weight is 775 g/mol. The number of aryl methyl sites for hydroxylation is 3. The van der Waals surface area contributed by atoms with Gasteiger partial charge in [0.1, 0.15) is 23.1 Å². The van der Waals surface area contributed by atoms with Crippen molar-refractivity contribution in [2.75, 3.05) is 13.1 Å². The Morgan fingerprint density at radius 2 is 1.67 bits per heavy atom. The molecular weight excluding hydrogens is 728 g/mol. The lowest BCUT2D eigenvalue weighted by Gasteiger charge is -2.27. The number of carbonyl (C=O) groups is 3. The van der Waals surface area contributed by atoms with Gasteiger partial charge in [0.15, 0.2) is 0 Å². The summed E-state index contributed by atoms with van der Waals surface area (Å²) in [7, 11) is 0. The van der Waals surface area contributed by atoms with Gasteiger partial charge in [-0.2, -0.15) is 13.2 Å². The number of likely N-dealkylation sites (tertiary alicyclic amines) is 1. The molecule has 3 aromatic rings. The van der Waals surface area contributed by atoms with E-state index in [0.29, 0.717) is 39.7 Å². The molecular formula is C40H47ClF4N4O5. The monoisotopic (exact) mass is 774 g/mol. The predicted molar refractivity (Wildman–Crippen MR) is 198 cm³/mol. The minimum absolute atomic E-state index is 0.0227. The lowest BCUT2D eigenvalue weighted by molar-refractivity contribution is -0.144. The molecule has 2 bridgehead atoms. The number of aliphatic carboxylic acids is 1. The highest BCUT2D eigenvalue weighted by atomic mass is 35.5. The summed E-state index contributed by atoms with van der Waals surface area (Å²) in [6.07, 6.45) is -1.97. The molecule has 0 spiro atoms. The van der Waals surface area contributed by atoms with Gasteiger partial charge in [0, 0.05) is 36.3 Å². The number of aromatic nitrogens is 1. The Morgan fingerprint density at radius 3 is 2.24 bits per heavy atom. The maximum absolute atomic E-state index is 15.8. The number of halogens is 5. The first-order valence-corrected chi connectivity index (χ1v) is 18.7. The van der Waals surface area contributed by atoms with Gasteiger partial charge in [0.05, 0.1) is 12.5 Å². The van der Waals surface area contributed by atoms with Crippen LogP contribution in [0.25, 0.3) is 11.1 Å². The van der Waals surface area contributed by atoms with Crippen molar-refractivity contribution in [3.05, 3.63) is 91.1 Å². The molecule has 14 heteroatoms. The van der Waals surface area contributed by atoms with Gasteiger partial charge < -0.3 is 25.2 Å². The number of carbonyl (C=O) groups excluding carboxylic acids is 2. The van der Waals surface area contributed by atoms with E-state index in [1.165, 1.54) is 13.0 Å². The van der Waals surface area contributed by atoms with E-state index in [9.17, 15) is 37.5 Å². The number of nitrogens with zero attached hydrogens (tertiary/aromatic N) is 2. The van der Waals surface area contributed by atoms with Crippen LogP contribution in [0, 0.1) is 38.4 Å². The van der Waals surface area contributed by atoms with E-state index in [0.717, 1.165) is 48.6 Å². The molecule has 1 aliphatic heterocycles. The fraction of sp³-hybridized carbons (Fsp3) is 0.500. The average Bonchev–Trinajstić information content (AvgIpc) is 3.69. The number of fused-ring (bicyclic) bond motifs is 2. The summed E-state index contributed by atoms with van der Waals surface area (Å²) in [4.78, 5) is 55.3. The molecule has 1 aliphatic carbocycles. The molecule has 2 amide bonds. The van der Waals surface area contributed by atoms with Crippen molar-refractivity contribution in [3.8, 4) is 11.1 Å². The highest BCUT2D eigenvalue weighted by Crippen LogP contribution is 2.38. The van der Waals surface area contributed by atoms with Gasteiger partial charge in [-0.05, 0) is 129 Å². The number of carboxylic acid groups (broad SMARTS) is 1. The summed E-state index contributed by atoms with van der Waals surface area (Å²) >= 11 is 6.23. The summed E-state index contributed by atoms with van der Waals surface area (Å²) in [6.45, 7) is 9.89. The van der Waals surface area contributed by atoms with Crippen LogP contribution in [-0.2, 0) is 22.3 Å². The minimum Gasteiger partial charge on any atom is -0.481 e. The molecule has 1 saturated carbocycles. The van der Waals surface area contributed by atoms with E-state index in [2.05, 4.69) is 15.5 Å². The van der Waals surface area contributed by atoms with E-state index < -0.39 is 65.1 Å². The van der Waals surface area contributed by atoms with Crippen LogP contribution in [-0.4, -0.2) is 57.5 Å². The molecule has 1 aromatic heterocycles. The van der Waals surface area contributed by atoms with Crippen LogP contribution >= 0.6 is 11.6 Å². The van der Waals surface area contributed by atoms with E-state index in [1.54, 1.807) is 32.0 Å². The summed E-state index contributed by atoms with van der Waals surface area (Å²) < 4.78 is 58.6. The highest BCUT2D eigenvalue weighted by Gasteiger charge is 2.38. The summed E-state index contributed by atoms with van der Waals surface area (Å²) in [6, 6.07) is 5.79. The topological polar surface area (TPSA) is 121 Å². The van der Waals surface area contributed by atoms with Gasteiger partial charge in [-0.25, -0.2) is 4.39 Å². The van der Waals surface area contributed by atoms with Crippen molar-refractivity contribution >= 4 is 29.4 Å². The Morgan fingerprint density at radius 1 is 0.981 bits per heavy atom. The predicted octanol–water partition coefficient (Wildman–Crippen LogP) is 7.60. The summed E-state index contributed by atoms with van der Waals surface area (Å²) in [5.41, 5.74) is 0.180. The number of hydrogen-bond donors (Lipinski definition) is 3. The molecule has 0 radical (unpaired) electrons. The fourth-order valence-electron chi connectivity index (χ4n) is 8.14. The number of amides is 2. The minimum atomic E-state index is -4.85. The highest BCUT2D eigenvalue weighted by molar-refractivity contribution is 6.30. The molecule has 9 nitrogen and oxygen atoms in total. The second-order valence-corrected chi connectivity index (χ2v) is 15.6. The van der Waals surface area contributed by atoms with Crippen LogP contribution in [0.5, 0.6) is 0 Å². The summed E-state index contributed by atoms with van der Waals surface area (Å²) in [5, 5.41) is 15.4. The second-order valence-electron chi connectivity index (χ2n) is 15.2. The number of piperidine rings is 1. The van der Waals surface area contributed by atoms with Gasteiger partial charge >= 0.3 is 12.1 Å². The molecule has 2 heterocycles. The van der Waals surface area contributed by atoms with Gasteiger partial charge in [-0.15, -0.1) is 0 Å². The zero-order chi connectivity index (χ0) is 39.6. The number of carboxylic acids is 1. The Kier molecular flexibility index (Phi) is 12.6. The van der Waals surface area contributed by atoms with Crippen LogP contribution in [0.4, 0.5) is 17.6 Å². The Balaban J connectivity index is 1.41. The maximum atomic E-state index is 15.8. The first-order chi connectivity index (χ1) is 25.3. The Bertz CT molecular complexity index is 1960. The van der Waals surface area contributed by atoms with E-state index in [1.807, 2.05) is 13.8 Å². The second kappa shape index (κ2) is 16.6. The first kappa shape index (κ1) is 40.9. The van der Waals surface area contributed by atoms with Crippen molar-refractivity contribution in [2.45, 2.75) is 104 Å². The molecule has 4 atom stereocenters. The third-order valence-electron chi connectivity index (χ3n) is 10.5. The number of benzene rings is 2. The van der Waals surface area contributed by atoms with Gasteiger partial charge in [0.25, 0.3) is 11.5 Å². The number of pyridine rings is 1. The zero-order valence-corrected chi connectivity index (χ0v) is 31.8. The lowest BCUT2D eigenvalue weighted by atomic mass is 9.90. The smallest absolute Gasteiger partial charge is 0.431 e. The quantitative estimate of drug-likeness (QED) is 0.145. The molecule has 2 fully saturated rings. The van der Waals surface area contributed by atoms with Crippen LogP contribution in [0.3, 0.4) is 0 Å². The molecule has 1 saturated heterocycles. The third kappa shape index (κ3) is 9.34. The third-order valence-corrected chi connectivity index (χ3v) is 10.7. The van der Waals surface area contributed by atoms with Crippen LogP contribution < -0.4 is 16.2 Å². The van der Waals surface area contributed by atoms with Crippen molar-refractivity contribution in [3.63, 3.8) is 0 Å². The Labute approximate surface area is 317 Å². The SMILES string of the molecule is Cc1cc(-c2c(C)cc(Cl)cc2C)cc([C@H](CC(=O)O)NC(=O)[C@H](CC(C)C)NC(=O)c2ccc(C(F)(F)F)n(CCCN3C[C@@H]4CC[C@@H]3C4)c2=O)c1F. The largest absolute Gasteiger partial charge is 0.481 e. The molecule has 5 rings (SSSR count). The molecule has 0 unspecified atom stereocenters. The first-order valence-electron chi connectivity index (χ1n) is 18.3. The summed E-state index contributed by atoms with van der Waals surface area (Å²) in [5.74, 6) is -3.57. The van der Waals surface area contributed by atoms with Crippen LogP contribution in [0.2, 0.25) is 5.02 Å². The van der Waals surface area contributed by atoms with Crippen LogP contribution in [0.15, 0.2) is 41.2 Å². The van der Waals surface area contributed by atoms with Crippen molar-refractivity contribution in [2.24, 2.45) is 11.8 Å². The number of nitrogens with one attached hydrogen (secondary N) is 2. The van der Waals surface area contributed by atoms with E-state index in [-0.39, 0.29) is 36.4 Å². The van der Waals surface area contributed by atoms with Crippen molar-refractivity contribution in [1.29, 1.82) is 0 Å². The fourth-order valence-corrected chi connectivity index (χ4v) is 8.47. The van der Waals surface area contributed by atoms with Gasteiger partial charge in [0.2, 0.25) is 5.91 Å². The molecule has 54 heavy (non-hydrogen) atoms. The van der Waals surface area contributed by atoms with E-state index in [4.69, 9.17) is 11.6 Å². The number of hydrogen-bond acceptors (Lipinski definition) is 5. The number of rotatable bonds is 14. The van der Waals surface area contributed by atoms with Crippen molar-refractivity contribution in [1.82, 2.24) is 20.1 Å². The lowest BCUT2D eigenvalue weighted by Crippen LogP contribution is -2.49. The number of alkyl halides is 3. The van der Waals surface area contributed by atoms with Crippen LogP contribution in [0.1, 0.15) is 96.7 Å². The molecule has 2 aromatic carbocycles. The molecule has 2 aliphatic rings. The van der Waals surface area contributed by atoms with Gasteiger partial charge in [-0.1, -0.05) is 25.4 Å². The van der Waals surface area contributed by atoms with Gasteiger partial charge in [-0.3, -0.25) is 19.2 Å². The normalized spacial score (nSPS) is 18.2. The molecule has 3 N–H and O–H groups in total. The standard InChI is InChI=1S/C40H47ClF4N4O5/c1-21(2)13-32(38(53)46-31(19-34(50)51)30-18-26(14-24(5)36(30)42)35-22(3)15-27(41)16-23(35)4)47-37(52)29-9-10-33(40(43,44)45)49(39(29)54)12-6-11-48-20-25-7-8-28(48)17-25/h9-10,14-16,18,21,25,28,31-32H,6-8,11-13,17,19-20H2,1-5H3,(H,46,53)(H,47,52)(H,50,51)/t25-,28-,31+,32+/m1/s1. The van der Waals surface area contributed by atoms with E-state index >= 15 is 4.39 Å². The maximum Gasteiger partial charge on any atom is 0.431 e. The molecule has 292 valence electrons. The Hall–Kier alpha value is -4.23. The zero-order valence-electron chi connectivity index (χ0n) is 31.1. The van der Waals surface area contributed by atoms with Crippen molar-refractivity contribution < 1.29 is 37.1 Å².